The Morgan fingerprint density at radius 3 is 2.31 bits per heavy atom. The van der Waals surface area contributed by atoms with Gasteiger partial charge in [0, 0.05) is 12.1 Å². The van der Waals surface area contributed by atoms with Gasteiger partial charge in [-0.25, -0.2) is 0 Å². The lowest BCUT2D eigenvalue weighted by molar-refractivity contribution is 0.506. The number of hydrogen-bond acceptors (Lipinski definition) is 2. The van der Waals surface area contributed by atoms with Gasteiger partial charge in [0.2, 0.25) is 0 Å². The van der Waals surface area contributed by atoms with Gasteiger partial charge in [0.25, 0.3) is 0 Å². The zero-order chi connectivity index (χ0) is 9.68. The van der Waals surface area contributed by atoms with E-state index in [0.29, 0.717) is 0 Å². The van der Waals surface area contributed by atoms with Crippen molar-refractivity contribution in [3.63, 3.8) is 0 Å². The van der Waals surface area contributed by atoms with Gasteiger partial charge in [-0.3, -0.25) is 0 Å². The lowest BCUT2D eigenvalue weighted by Gasteiger charge is -2.19. The molecule has 0 heterocycles. The highest BCUT2D eigenvalue weighted by Crippen LogP contribution is 2.14. The lowest BCUT2D eigenvalue weighted by atomic mass is 9.98. The van der Waals surface area contributed by atoms with Crippen molar-refractivity contribution in [2.24, 2.45) is 11.5 Å². The van der Waals surface area contributed by atoms with Gasteiger partial charge in [0.1, 0.15) is 0 Å². The van der Waals surface area contributed by atoms with E-state index >= 15 is 0 Å². The van der Waals surface area contributed by atoms with Crippen molar-refractivity contribution in [3.05, 3.63) is 35.9 Å². The van der Waals surface area contributed by atoms with Crippen molar-refractivity contribution in [2.45, 2.75) is 31.8 Å². The van der Waals surface area contributed by atoms with Gasteiger partial charge in [0.05, 0.1) is 0 Å². The van der Waals surface area contributed by atoms with Crippen LogP contribution < -0.4 is 11.5 Å². The predicted octanol–water partition coefficient (Wildman–Crippen LogP) is 1.81. The van der Waals surface area contributed by atoms with E-state index in [1.54, 1.807) is 0 Å². The summed E-state index contributed by atoms with van der Waals surface area (Å²) in [7, 11) is 0. The third kappa shape index (κ3) is 2.83. The zero-order valence-electron chi connectivity index (χ0n) is 8.11. The molecule has 72 valence electrons. The maximum Gasteiger partial charge on any atom is 0.0448 e. The second-order valence-electron chi connectivity index (χ2n) is 3.39. The first kappa shape index (κ1) is 10.2. The van der Waals surface area contributed by atoms with E-state index in [1.807, 2.05) is 30.3 Å². The van der Waals surface area contributed by atoms with Crippen molar-refractivity contribution in [3.8, 4) is 0 Å². The Morgan fingerprint density at radius 2 is 1.77 bits per heavy atom. The Balaban J connectivity index is 2.62. The predicted molar refractivity (Wildman–Crippen MR) is 56.3 cm³/mol. The van der Waals surface area contributed by atoms with Crippen LogP contribution in [0.25, 0.3) is 0 Å². The summed E-state index contributed by atoms with van der Waals surface area (Å²) in [5.74, 6) is 0. The molecule has 0 aliphatic heterocycles. The Labute approximate surface area is 79.9 Å². The number of nitrogens with two attached hydrogens (primary N) is 2. The summed E-state index contributed by atoms with van der Waals surface area (Å²) < 4.78 is 0. The smallest absolute Gasteiger partial charge is 0.0448 e. The summed E-state index contributed by atoms with van der Waals surface area (Å²) in [6.07, 6.45) is 2.07. The van der Waals surface area contributed by atoms with Gasteiger partial charge in [-0.15, -0.1) is 0 Å². The van der Waals surface area contributed by atoms with E-state index in [2.05, 4.69) is 6.92 Å². The standard InChI is InChI=1S/C11H18N2/c1-2-6-10(12)11(13)9-7-4-3-5-8-9/h3-5,7-8,10-11H,2,6,12-13H2,1H3/t10-,11?/m0/s1. The highest BCUT2D eigenvalue weighted by Gasteiger charge is 2.13. The molecule has 0 bridgehead atoms. The molecule has 4 N–H and O–H groups in total. The number of rotatable bonds is 4. The van der Waals surface area contributed by atoms with Crippen molar-refractivity contribution >= 4 is 0 Å². The molecule has 1 unspecified atom stereocenters. The lowest BCUT2D eigenvalue weighted by Crippen LogP contribution is -2.33. The summed E-state index contributed by atoms with van der Waals surface area (Å²) in [5.41, 5.74) is 13.1. The van der Waals surface area contributed by atoms with Crippen LogP contribution in [0.2, 0.25) is 0 Å². The molecular formula is C11H18N2. The molecule has 0 saturated carbocycles. The Bertz CT molecular complexity index is 233. The fraction of sp³-hybridized carbons (Fsp3) is 0.455. The Morgan fingerprint density at radius 1 is 1.15 bits per heavy atom. The van der Waals surface area contributed by atoms with Crippen LogP contribution in [0.4, 0.5) is 0 Å². The Kier molecular flexibility index (Phi) is 3.93. The normalized spacial score (nSPS) is 15.3. The average molecular weight is 178 g/mol. The minimum Gasteiger partial charge on any atom is -0.326 e. The molecule has 0 radical (unpaired) electrons. The first-order valence-corrected chi connectivity index (χ1v) is 4.81. The number of hydrogen-bond donors (Lipinski definition) is 2. The maximum absolute atomic E-state index is 6.00. The average Bonchev–Trinajstić information content (AvgIpc) is 2.18. The summed E-state index contributed by atoms with van der Waals surface area (Å²) in [6.45, 7) is 2.12. The van der Waals surface area contributed by atoms with Crippen LogP contribution in [0.5, 0.6) is 0 Å². The van der Waals surface area contributed by atoms with Crippen LogP contribution in [0.3, 0.4) is 0 Å². The molecule has 0 aliphatic rings. The second kappa shape index (κ2) is 5.00. The van der Waals surface area contributed by atoms with Crippen molar-refractivity contribution in [2.75, 3.05) is 0 Å². The molecule has 0 fully saturated rings. The van der Waals surface area contributed by atoms with Gasteiger partial charge in [-0.2, -0.15) is 0 Å². The van der Waals surface area contributed by atoms with Gasteiger partial charge in [-0.1, -0.05) is 43.7 Å². The minimum atomic E-state index is -0.0267. The van der Waals surface area contributed by atoms with Gasteiger partial charge in [0.15, 0.2) is 0 Å². The molecule has 0 saturated heterocycles. The van der Waals surface area contributed by atoms with Crippen LogP contribution in [-0.2, 0) is 0 Å². The zero-order valence-corrected chi connectivity index (χ0v) is 8.11. The maximum atomic E-state index is 6.00. The van der Waals surface area contributed by atoms with Gasteiger partial charge < -0.3 is 11.5 Å². The topological polar surface area (TPSA) is 52.0 Å². The van der Waals surface area contributed by atoms with Crippen molar-refractivity contribution in [1.82, 2.24) is 0 Å². The summed E-state index contributed by atoms with van der Waals surface area (Å²) >= 11 is 0. The monoisotopic (exact) mass is 178 g/mol. The van der Waals surface area contributed by atoms with Crippen molar-refractivity contribution < 1.29 is 0 Å². The van der Waals surface area contributed by atoms with E-state index in [4.69, 9.17) is 11.5 Å². The molecule has 0 aliphatic carbocycles. The molecule has 0 amide bonds. The molecule has 2 nitrogen and oxygen atoms in total. The molecule has 0 spiro atoms. The molecular weight excluding hydrogens is 160 g/mol. The molecule has 1 aromatic carbocycles. The van der Waals surface area contributed by atoms with Crippen LogP contribution in [0, 0.1) is 0 Å². The fourth-order valence-electron chi connectivity index (χ4n) is 1.44. The van der Waals surface area contributed by atoms with E-state index in [0.717, 1.165) is 18.4 Å². The first-order chi connectivity index (χ1) is 6.25. The van der Waals surface area contributed by atoms with E-state index < -0.39 is 0 Å². The number of benzene rings is 1. The SMILES string of the molecule is CCC[C@H](N)C(N)c1ccccc1. The highest BCUT2D eigenvalue weighted by atomic mass is 14.8. The largest absolute Gasteiger partial charge is 0.326 e. The molecule has 1 rings (SSSR count). The van der Waals surface area contributed by atoms with Crippen LogP contribution >= 0.6 is 0 Å². The quantitative estimate of drug-likeness (QED) is 0.738. The highest BCUT2D eigenvalue weighted by molar-refractivity contribution is 5.19. The molecule has 1 aromatic rings. The molecule has 2 heteroatoms. The molecule has 2 atom stereocenters. The van der Waals surface area contributed by atoms with Crippen LogP contribution in [-0.4, -0.2) is 6.04 Å². The molecule has 13 heavy (non-hydrogen) atoms. The second-order valence-corrected chi connectivity index (χ2v) is 3.39. The van der Waals surface area contributed by atoms with Gasteiger partial charge >= 0.3 is 0 Å². The summed E-state index contributed by atoms with van der Waals surface area (Å²) in [6, 6.07) is 10.1. The van der Waals surface area contributed by atoms with Crippen molar-refractivity contribution in [1.29, 1.82) is 0 Å². The minimum absolute atomic E-state index is 0.0267. The summed E-state index contributed by atoms with van der Waals surface area (Å²) in [4.78, 5) is 0. The van der Waals surface area contributed by atoms with Gasteiger partial charge in [-0.05, 0) is 12.0 Å². The van der Waals surface area contributed by atoms with Crippen LogP contribution in [0.15, 0.2) is 30.3 Å². The molecule has 0 aromatic heterocycles. The first-order valence-electron chi connectivity index (χ1n) is 4.81. The van der Waals surface area contributed by atoms with E-state index in [1.165, 1.54) is 0 Å². The van der Waals surface area contributed by atoms with Crippen LogP contribution in [0.1, 0.15) is 31.4 Å². The summed E-state index contributed by atoms with van der Waals surface area (Å²) in [5, 5.41) is 0. The third-order valence-corrected chi connectivity index (χ3v) is 2.27. The van der Waals surface area contributed by atoms with E-state index in [9.17, 15) is 0 Å². The van der Waals surface area contributed by atoms with E-state index in [-0.39, 0.29) is 12.1 Å². The Hall–Kier alpha value is -0.860. The third-order valence-electron chi connectivity index (χ3n) is 2.27. The fourth-order valence-corrected chi connectivity index (χ4v) is 1.44.